The SMILES string of the molecule is C=CC(=O)OC(C)OCC1CC=CCC1. The maximum atomic E-state index is 10.8. The molecule has 15 heavy (non-hydrogen) atoms. The highest BCUT2D eigenvalue weighted by molar-refractivity contribution is 5.81. The fourth-order valence-corrected chi connectivity index (χ4v) is 1.52. The number of esters is 1. The predicted octanol–water partition coefficient (Wildman–Crippen LogP) is 2.43. The van der Waals surface area contributed by atoms with Gasteiger partial charge in [-0.05, 0) is 32.1 Å². The number of carbonyl (C=O) groups is 1. The lowest BCUT2D eigenvalue weighted by Crippen LogP contribution is -2.21. The van der Waals surface area contributed by atoms with Crippen molar-refractivity contribution < 1.29 is 14.3 Å². The van der Waals surface area contributed by atoms with Crippen LogP contribution in [0.5, 0.6) is 0 Å². The number of rotatable bonds is 5. The third-order valence-electron chi connectivity index (χ3n) is 2.39. The second-order valence-corrected chi connectivity index (χ2v) is 3.69. The van der Waals surface area contributed by atoms with Crippen LogP contribution in [-0.4, -0.2) is 18.9 Å². The molecule has 2 atom stereocenters. The molecule has 0 N–H and O–H groups in total. The number of carbonyl (C=O) groups excluding carboxylic acids is 1. The summed E-state index contributed by atoms with van der Waals surface area (Å²) in [5.74, 6) is 0.117. The van der Waals surface area contributed by atoms with Crippen molar-refractivity contribution in [2.75, 3.05) is 6.61 Å². The molecule has 0 fully saturated rings. The summed E-state index contributed by atoms with van der Waals surface area (Å²) in [6.07, 6.45) is 8.36. The van der Waals surface area contributed by atoms with Crippen molar-refractivity contribution in [3.63, 3.8) is 0 Å². The van der Waals surface area contributed by atoms with E-state index in [-0.39, 0.29) is 0 Å². The lowest BCUT2D eigenvalue weighted by atomic mass is 9.95. The second-order valence-electron chi connectivity index (χ2n) is 3.69. The van der Waals surface area contributed by atoms with E-state index in [0.717, 1.165) is 25.3 Å². The van der Waals surface area contributed by atoms with Crippen LogP contribution in [-0.2, 0) is 14.3 Å². The second kappa shape index (κ2) is 6.40. The standard InChI is InChI=1S/C12H18O3/c1-3-12(13)15-10(2)14-9-11-7-5-4-6-8-11/h3-5,10-11H,1,6-9H2,2H3. The number of allylic oxidation sites excluding steroid dienone is 2. The smallest absolute Gasteiger partial charge is 0.332 e. The van der Waals surface area contributed by atoms with Crippen LogP contribution in [0, 0.1) is 5.92 Å². The van der Waals surface area contributed by atoms with Gasteiger partial charge in [0.05, 0.1) is 6.61 Å². The van der Waals surface area contributed by atoms with Crippen molar-refractivity contribution in [1.82, 2.24) is 0 Å². The van der Waals surface area contributed by atoms with Gasteiger partial charge in [-0.1, -0.05) is 18.7 Å². The Morgan fingerprint density at radius 1 is 1.67 bits per heavy atom. The van der Waals surface area contributed by atoms with E-state index >= 15 is 0 Å². The van der Waals surface area contributed by atoms with Crippen LogP contribution < -0.4 is 0 Å². The molecule has 84 valence electrons. The van der Waals surface area contributed by atoms with Crippen molar-refractivity contribution in [2.24, 2.45) is 5.92 Å². The zero-order chi connectivity index (χ0) is 11.1. The summed E-state index contributed by atoms with van der Waals surface area (Å²) in [5, 5.41) is 0. The minimum Gasteiger partial charge on any atom is -0.433 e. The van der Waals surface area contributed by atoms with E-state index < -0.39 is 12.3 Å². The molecule has 0 bridgehead atoms. The van der Waals surface area contributed by atoms with Gasteiger partial charge in [-0.2, -0.15) is 0 Å². The van der Waals surface area contributed by atoms with Gasteiger partial charge >= 0.3 is 5.97 Å². The maximum absolute atomic E-state index is 10.8. The Balaban J connectivity index is 2.15. The summed E-state index contributed by atoms with van der Waals surface area (Å²) >= 11 is 0. The van der Waals surface area contributed by atoms with Crippen molar-refractivity contribution in [3.05, 3.63) is 24.8 Å². The lowest BCUT2D eigenvalue weighted by Gasteiger charge is -2.20. The molecule has 1 rings (SSSR count). The van der Waals surface area contributed by atoms with Crippen LogP contribution in [0.25, 0.3) is 0 Å². The fourth-order valence-electron chi connectivity index (χ4n) is 1.52. The highest BCUT2D eigenvalue weighted by Gasteiger charge is 2.13. The number of ether oxygens (including phenoxy) is 2. The molecule has 0 saturated heterocycles. The topological polar surface area (TPSA) is 35.5 Å². The molecule has 3 heteroatoms. The Morgan fingerprint density at radius 2 is 2.47 bits per heavy atom. The Hall–Kier alpha value is -1.09. The molecule has 0 amide bonds. The highest BCUT2D eigenvalue weighted by Crippen LogP contribution is 2.18. The molecule has 0 aromatic heterocycles. The third-order valence-corrected chi connectivity index (χ3v) is 2.39. The van der Waals surface area contributed by atoms with E-state index in [1.165, 1.54) is 0 Å². The van der Waals surface area contributed by atoms with Crippen LogP contribution >= 0.6 is 0 Å². The minimum absolute atomic E-state index is 0.439. The van der Waals surface area contributed by atoms with Crippen molar-refractivity contribution in [3.8, 4) is 0 Å². The fraction of sp³-hybridized carbons (Fsp3) is 0.583. The van der Waals surface area contributed by atoms with Gasteiger partial charge in [-0.25, -0.2) is 4.79 Å². The van der Waals surface area contributed by atoms with E-state index in [1.54, 1.807) is 6.92 Å². The van der Waals surface area contributed by atoms with Crippen LogP contribution in [0.3, 0.4) is 0 Å². The molecule has 0 spiro atoms. The molecule has 0 heterocycles. The molecular formula is C12H18O3. The number of hydrogen-bond acceptors (Lipinski definition) is 3. The quantitative estimate of drug-likeness (QED) is 0.302. The zero-order valence-corrected chi connectivity index (χ0v) is 9.15. The Labute approximate surface area is 90.8 Å². The van der Waals surface area contributed by atoms with Crippen LogP contribution in [0.4, 0.5) is 0 Å². The summed E-state index contributed by atoms with van der Waals surface area (Å²) in [7, 11) is 0. The first-order valence-corrected chi connectivity index (χ1v) is 5.32. The molecule has 1 aliphatic rings. The Kier molecular flexibility index (Phi) is 5.12. The average molecular weight is 210 g/mol. The average Bonchev–Trinajstić information content (AvgIpc) is 2.27. The van der Waals surface area contributed by atoms with E-state index in [1.807, 2.05) is 0 Å². The van der Waals surface area contributed by atoms with Gasteiger partial charge in [0.2, 0.25) is 0 Å². The van der Waals surface area contributed by atoms with Gasteiger partial charge in [0.25, 0.3) is 0 Å². The molecule has 0 aliphatic heterocycles. The van der Waals surface area contributed by atoms with Gasteiger partial charge in [-0.15, -0.1) is 0 Å². The molecule has 0 radical (unpaired) electrons. The first kappa shape index (κ1) is 12.0. The van der Waals surface area contributed by atoms with Gasteiger partial charge in [0.15, 0.2) is 6.29 Å². The Morgan fingerprint density at radius 3 is 3.07 bits per heavy atom. The summed E-state index contributed by atoms with van der Waals surface area (Å²) in [6, 6.07) is 0. The first-order chi connectivity index (χ1) is 7.22. The number of hydrogen-bond donors (Lipinski definition) is 0. The van der Waals surface area contributed by atoms with E-state index in [9.17, 15) is 4.79 Å². The van der Waals surface area contributed by atoms with Crippen LogP contribution in [0.15, 0.2) is 24.8 Å². The summed E-state index contributed by atoms with van der Waals surface area (Å²) < 4.78 is 10.3. The van der Waals surface area contributed by atoms with E-state index in [2.05, 4.69) is 18.7 Å². The molecule has 1 aliphatic carbocycles. The van der Waals surface area contributed by atoms with E-state index in [4.69, 9.17) is 9.47 Å². The van der Waals surface area contributed by atoms with E-state index in [0.29, 0.717) is 12.5 Å². The molecule has 0 aromatic rings. The van der Waals surface area contributed by atoms with Gasteiger partial charge in [0.1, 0.15) is 0 Å². The normalized spacial score (nSPS) is 22.1. The van der Waals surface area contributed by atoms with Crippen molar-refractivity contribution in [1.29, 1.82) is 0 Å². The lowest BCUT2D eigenvalue weighted by molar-refractivity contribution is -0.171. The molecule has 0 aromatic carbocycles. The zero-order valence-electron chi connectivity index (χ0n) is 9.15. The molecular weight excluding hydrogens is 192 g/mol. The Bertz CT molecular complexity index is 245. The van der Waals surface area contributed by atoms with Crippen LogP contribution in [0.2, 0.25) is 0 Å². The predicted molar refractivity (Wildman–Crippen MR) is 58.2 cm³/mol. The van der Waals surface area contributed by atoms with Gasteiger partial charge in [0, 0.05) is 6.08 Å². The summed E-state index contributed by atoms with van der Waals surface area (Å²) in [5.41, 5.74) is 0. The van der Waals surface area contributed by atoms with Crippen molar-refractivity contribution in [2.45, 2.75) is 32.5 Å². The van der Waals surface area contributed by atoms with Gasteiger partial charge < -0.3 is 9.47 Å². The molecule has 0 saturated carbocycles. The van der Waals surface area contributed by atoms with Crippen molar-refractivity contribution >= 4 is 5.97 Å². The molecule has 3 nitrogen and oxygen atoms in total. The minimum atomic E-state index is -0.485. The first-order valence-electron chi connectivity index (χ1n) is 5.32. The molecule has 2 unspecified atom stereocenters. The summed E-state index contributed by atoms with van der Waals surface area (Å²) in [4.78, 5) is 10.8. The third kappa shape index (κ3) is 4.79. The summed E-state index contributed by atoms with van der Waals surface area (Å²) in [6.45, 7) is 5.70. The largest absolute Gasteiger partial charge is 0.433 e. The monoisotopic (exact) mass is 210 g/mol. The van der Waals surface area contributed by atoms with Gasteiger partial charge in [-0.3, -0.25) is 0 Å². The van der Waals surface area contributed by atoms with Crippen LogP contribution in [0.1, 0.15) is 26.2 Å². The highest BCUT2D eigenvalue weighted by atomic mass is 16.7. The maximum Gasteiger partial charge on any atom is 0.332 e.